The van der Waals surface area contributed by atoms with Crippen molar-refractivity contribution >= 4 is 34.4 Å². The van der Waals surface area contributed by atoms with E-state index in [1.54, 1.807) is 17.8 Å². The zero-order valence-electron chi connectivity index (χ0n) is 23.8. The molecule has 0 aliphatic carbocycles. The second-order valence-electron chi connectivity index (χ2n) is 9.28. The maximum atomic E-state index is 13.3. The molecule has 0 saturated carbocycles. The summed E-state index contributed by atoms with van der Waals surface area (Å²) >= 11 is 1.55. The van der Waals surface area contributed by atoms with Gasteiger partial charge in [-0.3, -0.25) is 4.79 Å². The second-order valence-corrected chi connectivity index (χ2v) is 10.3. The number of carbonyl (C=O) groups excluding carboxylic acids is 1. The van der Waals surface area contributed by atoms with Crippen LogP contribution in [0.25, 0.3) is 21.9 Å². The number of benzene rings is 4. The number of aliphatic carboxylic acids is 1. The summed E-state index contributed by atoms with van der Waals surface area (Å²) < 4.78 is 6.05. The molecule has 5 nitrogen and oxygen atoms in total. The molecule has 1 unspecified atom stereocenters. The summed E-state index contributed by atoms with van der Waals surface area (Å²) in [6.45, 7) is 2.99. The first-order chi connectivity index (χ1) is 18.5. The van der Waals surface area contributed by atoms with Crippen LogP contribution in [0.15, 0.2) is 84.9 Å². The van der Waals surface area contributed by atoms with E-state index in [9.17, 15) is 14.7 Å². The molecule has 0 bridgehead atoms. The van der Waals surface area contributed by atoms with Crippen LogP contribution in [0.3, 0.4) is 0 Å². The van der Waals surface area contributed by atoms with E-state index in [2.05, 4.69) is 41.7 Å². The van der Waals surface area contributed by atoms with Crippen LogP contribution in [-0.2, 0) is 22.6 Å². The van der Waals surface area contributed by atoms with Gasteiger partial charge in [-0.15, -0.1) is 0 Å². The first-order valence-corrected chi connectivity index (χ1v) is 14.1. The number of hydrogen-bond donors (Lipinski definition) is 2. The minimum absolute atomic E-state index is 0. The zero-order valence-corrected chi connectivity index (χ0v) is 23.6. The molecule has 4 aromatic rings. The monoisotopic (exact) mass is 535 g/mol. The molecule has 0 aliphatic heterocycles. The van der Waals surface area contributed by atoms with E-state index >= 15 is 0 Å². The Morgan fingerprint density at radius 1 is 0.974 bits per heavy atom. The van der Waals surface area contributed by atoms with Crippen LogP contribution in [0, 0.1) is 6.92 Å². The van der Waals surface area contributed by atoms with Crippen molar-refractivity contribution in [2.24, 2.45) is 0 Å². The number of hydrogen-bond acceptors (Lipinski definition) is 4. The quantitative estimate of drug-likeness (QED) is 0.214. The van der Waals surface area contributed by atoms with Crippen molar-refractivity contribution in [1.82, 2.24) is 5.32 Å². The number of carboxylic acids is 1. The van der Waals surface area contributed by atoms with Gasteiger partial charge in [-0.25, -0.2) is 4.79 Å². The molecule has 4 rings (SSSR count). The van der Waals surface area contributed by atoms with Gasteiger partial charge in [0.05, 0.1) is 13.2 Å². The molecule has 4 aromatic carbocycles. The van der Waals surface area contributed by atoms with Crippen LogP contribution in [0.2, 0.25) is 0 Å². The smallest absolute Gasteiger partial charge is 1.00 e. The van der Waals surface area contributed by atoms with Crippen LogP contribution in [0.5, 0.6) is 0 Å². The van der Waals surface area contributed by atoms with Gasteiger partial charge in [0.2, 0.25) is 0 Å². The normalized spacial score (nSPS) is 11.5. The second kappa shape index (κ2) is 15.0. The maximum Gasteiger partial charge on any atom is 1.00 e. The average molecular weight is 536 g/mol. The van der Waals surface area contributed by atoms with E-state index in [4.69, 9.17) is 4.74 Å². The Morgan fingerprint density at radius 3 is 2.49 bits per heavy atom. The number of amides is 1. The van der Waals surface area contributed by atoms with Crippen molar-refractivity contribution in [2.45, 2.75) is 32.4 Å². The largest absolute Gasteiger partial charge is 1.00 e. The molecular formula is C32H34LiNO4S. The van der Waals surface area contributed by atoms with E-state index in [0.717, 1.165) is 28.7 Å². The molecule has 1 amide bonds. The third-order valence-corrected chi connectivity index (χ3v) is 7.29. The topological polar surface area (TPSA) is 75.6 Å². The van der Waals surface area contributed by atoms with E-state index in [1.807, 2.05) is 55.6 Å². The average Bonchev–Trinajstić information content (AvgIpc) is 2.93. The maximum absolute atomic E-state index is 13.3. The Kier molecular flexibility index (Phi) is 11.7. The molecule has 1 atom stereocenters. The van der Waals surface area contributed by atoms with Gasteiger partial charge in [-0.1, -0.05) is 72.8 Å². The fraction of sp³-hybridized carbons (Fsp3) is 0.250. The van der Waals surface area contributed by atoms with E-state index in [1.165, 1.54) is 16.3 Å². The van der Waals surface area contributed by atoms with Gasteiger partial charge in [0, 0.05) is 5.56 Å². The van der Waals surface area contributed by atoms with Crippen molar-refractivity contribution in [1.29, 1.82) is 0 Å². The van der Waals surface area contributed by atoms with Crippen LogP contribution < -0.4 is 24.2 Å². The SMILES string of the molecule is CSCCC(NC(=O)c1ccc(COCCc2cccc3ccccc23)cc1-c1ccccc1C)C(=O)O.[H-].[Li+]. The minimum atomic E-state index is -1.03. The van der Waals surface area contributed by atoms with Gasteiger partial charge >= 0.3 is 24.8 Å². The number of nitrogens with one attached hydrogen (secondary N) is 1. The summed E-state index contributed by atoms with van der Waals surface area (Å²) in [4.78, 5) is 25.0. The van der Waals surface area contributed by atoms with Crippen molar-refractivity contribution in [3.05, 3.63) is 107 Å². The minimum Gasteiger partial charge on any atom is -1.00 e. The number of rotatable bonds is 12. The zero-order chi connectivity index (χ0) is 26.9. The fourth-order valence-electron chi connectivity index (χ4n) is 4.59. The van der Waals surface area contributed by atoms with Gasteiger partial charge in [0.25, 0.3) is 5.91 Å². The standard InChI is InChI=1S/C32H33NO4S.Li.H/c1-22-8-3-5-12-26(22)29-20-23(14-15-28(29)31(34)33-30(32(35)36)17-19-38-2)21-37-18-16-25-11-7-10-24-9-4-6-13-27(24)25;;/h3-15,20,30H,16-19,21H2,1-2H3,(H,33,34)(H,35,36);;/q;+1;-1. The molecule has 0 aromatic heterocycles. The van der Waals surface area contributed by atoms with Crippen LogP contribution in [0.4, 0.5) is 0 Å². The number of thioether (sulfide) groups is 1. The Bertz CT molecular complexity index is 1430. The molecule has 0 fully saturated rings. The number of carboxylic acid groups (broad SMARTS) is 1. The fourth-order valence-corrected chi connectivity index (χ4v) is 5.06. The first-order valence-electron chi connectivity index (χ1n) is 12.7. The number of ether oxygens (including phenoxy) is 1. The molecule has 2 N–H and O–H groups in total. The van der Waals surface area contributed by atoms with Crippen LogP contribution in [-0.4, -0.2) is 41.6 Å². The Balaban J connectivity index is 0.00000280. The third kappa shape index (κ3) is 8.00. The molecule has 0 aliphatic rings. The van der Waals surface area contributed by atoms with Crippen molar-refractivity contribution < 1.29 is 39.7 Å². The molecule has 0 radical (unpaired) electrons. The number of carbonyl (C=O) groups is 2. The first kappa shape index (κ1) is 30.5. The summed E-state index contributed by atoms with van der Waals surface area (Å²) in [5, 5.41) is 14.8. The summed E-state index contributed by atoms with van der Waals surface area (Å²) in [6, 6.07) is 27.3. The van der Waals surface area contributed by atoms with E-state index in [0.29, 0.717) is 31.0 Å². The van der Waals surface area contributed by atoms with E-state index in [-0.39, 0.29) is 26.2 Å². The van der Waals surface area contributed by atoms with Gasteiger partial charge in [-0.05, 0) is 82.5 Å². The van der Waals surface area contributed by atoms with Crippen LogP contribution in [0.1, 0.15) is 34.9 Å². The Hall–Kier alpha value is -3.01. The summed E-state index contributed by atoms with van der Waals surface area (Å²) in [6.07, 6.45) is 3.09. The Morgan fingerprint density at radius 2 is 1.72 bits per heavy atom. The number of fused-ring (bicyclic) bond motifs is 1. The van der Waals surface area contributed by atoms with Crippen molar-refractivity contribution in [3.63, 3.8) is 0 Å². The predicted octanol–water partition coefficient (Wildman–Crippen LogP) is 3.63. The van der Waals surface area contributed by atoms with Crippen LogP contribution >= 0.6 is 11.8 Å². The van der Waals surface area contributed by atoms with E-state index < -0.39 is 12.0 Å². The predicted molar refractivity (Wildman–Crippen MR) is 157 cm³/mol. The van der Waals surface area contributed by atoms with Gasteiger partial charge in [0.15, 0.2) is 0 Å². The van der Waals surface area contributed by atoms with Crippen molar-refractivity contribution in [2.75, 3.05) is 18.6 Å². The molecule has 0 spiro atoms. The summed E-state index contributed by atoms with van der Waals surface area (Å²) in [5.74, 6) is -0.766. The summed E-state index contributed by atoms with van der Waals surface area (Å²) in [7, 11) is 0. The van der Waals surface area contributed by atoms with Gasteiger partial charge in [0.1, 0.15) is 6.04 Å². The molecule has 198 valence electrons. The molecule has 0 saturated heterocycles. The summed E-state index contributed by atoms with van der Waals surface area (Å²) in [5.41, 5.74) is 5.40. The van der Waals surface area contributed by atoms with Crippen molar-refractivity contribution in [3.8, 4) is 11.1 Å². The number of aryl methyl sites for hydroxylation is 1. The van der Waals surface area contributed by atoms with Gasteiger partial charge in [-0.2, -0.15) is 11.8 Å². The molecular weight excluding hydrogens is 501 g/mol. The molecule has 0 heterocycles. The van der Waals surface area contributed by atoms with Gasteiger partial charge < -0.3 is 16.6 Å². The third-order valence-electron chi connectivity index (χ3n) is 6.64. The molecule has 39 heavy (non-hydrogen) atoms. The molecule has 7 heteroatoms. The Labute approximate surface area is 248 Å².